The number of hydrogen-bond donors (Lipinski definition) is 1. The number of thioether (sulfide) groups is 1. The number of unbranched alkanes of at least 4 members (excludes halogenated alkanes) is 1. The number of nitrogens with one attached hydrogen (secondary N) is 1. The van der Waals surface area contributed by atoms with Crippen molar-refractivity contribution in [1.29, 1.82) is 0 Å². The van der Waals surface area contributed by atoms with E-state index >= 15 is 0 Å². The molecule has 4 aliphatic rings. The molecule has 186 valence electrons. The van der Waals surface area contributed by atoms with Gasteiger partial charge in [0.1, 0.15) is 11.6 Å². The van der Waals surface area contributed by atoms with Crippen LogP contribution in [0.15, 0.2) is 0 Å². The van der Waals surface area contributed by atoms with Crippen molar-refractivity contribution >= 4 is 29.2 Å². The van der Waals surface area contributed by atoms with Gasteiger partial charge in [0.2, 0.25) is 0 Å². The maximum Gasteiger partial charge on any atom is 0.471 e. The lowest BCUT2D eigenvalue weighted by Gasteiger charge is -2.59. The van der Waals surface area contributed by atoms with E-state index in [0.29, 0.717) is 53.8 Å². The zero-order valence-corrected chi connectivity index (χ0v) is 20.5. The minimum atomic E-state index is -4.82. The van der Waals surface area contributed by atoms with Crippen LogP contribution in [0.3, 0.4) is 0 Å². The Morgan fingerprint density at radius 2 is 1.85 bits per heavy atom. The van der Waals surface area contributed by atoms with Crippen LogP contribution in [-0.2, 0) is 14.4 Å². The zero-order chi connectivity index (χ0) is 24.0. The van der Waals surface area contributed by atoms with E-state index in [2.05, 4.69) is 13.8 Å². The van der Waals surface area contributed by atoms with E-state index in [4.69, 9.17) is 0 Å². The summed E-state index contributed by atoms with van der Waals surface area (Å²) in [5.74, 6) is 1.12. The summed E-state index contributed by atoms with van der Waals surface area (Å²) < 4.78 is 36.6. The van der Waals surface area contributed by atoms with E-state index in [0.717, 1.165) is 50.7 Å². The second-order valence-corrected chi connectivity index (χ2v) is 12.7. The third kappa shape index (κ3) is 4.62. The predicted molar refractivity (Wildman–Crippen MR) is 122 cm³/mol. The molecular formula is C25H36F3NO3S. The summed E-state index contributed by atoms with van der Waals surface area (Å²) in [5.41, 5.74) is -0.177. The van der Waals surface area contributed by atoms with Gasteiger partial charge in [0.15, 0.2) is 0 Å². The highest BCUT2D eigenvalue weighted by atomic mass is 32.2. The Kier molecular flexibility index (Phi) is 6.98. The van der Waals surface area contributed by atoms with Crippen molar-refractivity contribution in [1.82, 2.24) is 5.32 Å². The van der Waals surface area contributed by atoms with Crippen LogP contribution in [0.1, 0.15) is 78.1 Å². The van der Waals surface area contributed by atoms with Gasteiger partial charge in [-0.15, -0.1) is 0 Å². The highest BCUT2D eigenvalue weighted by molar-refractivity contribution is 7.99. The molecule has 1 unspecified atom stereocenters. The number of Topliss-reactive ketones (excluding diaryl/α,β-unsaturated/α-hetero) is 2. The van der Waals surface area contributed by atoms with E-state index in [9.17, 15) is 27.6 Å². The Bertz CT molecular complexity index is 802. The van der Waals surface area contributed by atoms with Crippen LogP contribution in [0.4, 0.5) is 13.2 Å². The molecule has 0 saturated heterocycles. The zero-order valence-electron chi connectivity index (χ0n) is 19.6. The van der Waals surface area contributed by atoms with Gasteiger partial charge in [-0.25, -0.2) is 0 Å². The van der Waals surface area contributed by atoms with E-state index in [-0.39, 0.29) is 23.3 Å². The molecule has 4 fully saturated rings. The fourth-order valence-corrected chi connectivity index (χ4v) is 9.02. The van der Waals surface area contributed by atoms with Gasteiger partial charge in [0, 0.05) is 36.0 Å². The van der Waals surface area contributed by atoms with E-state index < -0.39 is 12.1 Å². The molecule has 33 heavy (non-hydrogen) atoms. The summed E-state index contributed by atoms with van der Waals surface area (Å²) in [5, 5.41) is 2.33. The minimum absolute atomic E-state index is 0.0336. The summed E-state index contributed by atoms with van der Waals surface area (Å²) >= 11 is 1.83. The van der Waals surface area contributed by atoms with Crippen molar-refractivity contribution in [3.8, 4) is 0 Å². The maximum absolute atomic E-state index is 13.3. The Balaban J connectivity index is 1.28. The number of alkyl halides is 3. The van der Waals surface area contributed by atoms with Crippen molar-refractivity contribution in [2.75, 3.05) is 12.3 Å². The SMILES string of the molecule is C[C@]12CC[C@@H](SCCCCNC(=O)C(F)(F)F)CC1C(=O)C[C@@H]1[C@@H]2CC[C@]2(C)C(=O)CC[C@@H]12. The van der Waals surface area contributed by atoms with Gasteiger partial charge in [-0.3, -0.25) is 14.4 Å². The summed E-state index contributed by atoms with van der Waals surface area (Å²) in [6.45, 7) is 4.51. The highest BCUT2D eigenvalue weighted by Crippen LogP contribution is 2.65. The van der Waals surface area contributed by atoms with Gasteiger partial charge in [-0.1, -0.05) is 13.8 Å². The first kappa shape index (κ1) is 25.1. The Morgan fingerprint density at radius 1 is 1.09 bits per heavy atom. The molecule has 0 aromatic rings. The first-order valence-electron chi connectivity index (χ1n) is 12.5. The molecule has 4 saturated carbocycles. The highest BCUT2D eigenvalue weighted by Gasteiger charge is 2.62. The Morgan fingerprint density at radius 3 is 2.58 bits per heavy atom. The first-order valence-corrected chi connectivity index (χ1v) is 13.5. The van der Waals surface area contributed by atoms with Crippen LogP contribution < -0.4 is 5.32 Å². The van der Waals surface area contributed by atoms with Gasteiger partial charge in [0.25, 0.3) is 0 Å². The van der Waals surface area contributed by atoms with Crippen molar-refractivity contribution in [3.05, 3.63) is 0 Å². The van der Waals surface area contributed by atoms with Crippen molar-refractivity contribution in [2.45, 2.75) is 89.5 Å². The number of halogens is 3. The number of amides is 1. The van der Waals surface area contributed by atoms with E-state index in [1.165, 1.54) is 0 Å². The summed E-state index contributed by atoms with van der Waals surface area (Å²) in [6.07, 6.45) is 3.74. The van der Waals surface area contributed by atoms with Crippen molar-refractivity contribution in [2.24, 2.45) is 34.5 Å². The molecule has 0 aliphatic heterocycles. The quantitative estimate of drug-likeness (QED) is 0.514. The number of fused-ring (bicyclic) bond motifs is 5. The summed E-state index contributed by atoms with van der Waals surface area (Å²) in [6, 6.07) is 0. The standard InChI is InChI=1S/C25H36F3NO3S/c1-23-9-7-15(33-12-4-3-11-29-22(32)25(26,27)28)13-19(23)20(30)14-16-17-5-6-21(31)24(17,2)10-8-18(16)23/h15-19H,3-14H2,1-2H3,(H,29,32)/t15-,16+,17+,18+,19?,23-,24+/m1/s1. The number of hydrogen-bond acceptors (Lipinski definition) is 4. The number of ketones is 2. The second kappa shape index (κ2) is 9.19. The van der Waals surface area contributed by atoms with Crippen LogP contribution >= 0.6 is 11.8 Å². The molecule has 0 aromatic carbocycles. The Labute approximate surface area is 198 Å². The average Bonchev–Trinajstić information content (AvgIpc) is 3.05. The topological polar surface area (TPSA) is 63.2 Å². The van der Waals surface area contributed by atoms with Crippen LogP contribution in [0.25, 0.3) is 0 Å². The molecule has 1 amide bonds. The summed E-state index contributed by atoms with van der Waals surface area (Å²) in [7, 11) is 0. The van der Waals surface area contributed by atoms with Gasteiger partial charge >= 0.3 is 12.1 Å². The molecule has 0 heterocycles. The smallest absolute Gasteiger partial charge is 0.348 e. The second-order valence-electron chi connectivity index (χ2n) is 11.3. The lowest BCUT2D eigenvalue weighted by molar-refractivity contribution is -0.173. The fourth-order valence-electron chi connectivity index (χ4n) is 7.71. The number of carbonyl (C=O) groups excluding carboxylic acids is 3. The van der Waals surface area contributed by atoms with E-state index in [1.54, 1.807) is 0 Å². The molecule has 4 nitrogen and oxygen atoms in total. The molecule has 7 atom stereocenters. The first-order chi connectivity index (χ1) is 15.5. The Hall–Kier alpha value is -1.05. The fraction of sp³-hybridized carbons (Fsp3) is 0.880. The normalized spacial score (nSPS) is 40.7. The maximum atomic E-state index is 13.3. The van der Waals surface area contributed by atoms with Gasteiger partial charge in [-0.2, -0.15) is 24.9 Å². The monoisotopic (exact) mass is 487 g/mol. The van der Waals surface area contributed by atoms with Gasteiger partial charge in [0.05, 0.1) is 0 Å². The van der Waals surface area contributed by atoms with Crippen molar-refractivity contribution < 1.29 is 27.6 Å². The largest absolute Gasteiger partial charge is 0.471 e. The lowest BCUT2D eigenvalue weighted by atomic mass is 9.45. The van der Waals surface area contributed by atoms with Gasteiger partial charge < -0.3 is 5.32 Å². The molecule has 0 bridgehead atoms. The molecule has 0 aromatic heterocycles. The molecule has 4 aliphatic carbocycles. The summed E-state index contributed by atoms with van der Waals surface area (Å²) in [4.78, 5) is 36.8. The molecule has 1 N–H and O–H groups in total. The van der Waals surface area contributed by atoms with E-state index in [1.807, 2.05) is 17.1 Å². The van der Waals surface area contributed by atoms with Crippen LogP contribution in [0, 0.1) is 34.5 Å². The van der Waals surface area contributed by atoms with Gasteiger partial charge in [-0.05, 0) is 80.3 Å². The molecule has 0 spiro atoms. The van der Waals surface area contributed by atoms with Crippen LogP contribution in [-0.4, -0.2) is 41.2 Å². The average molecular weight is 488 g/mol. The van der Waals surface area contributed by atoms with Crippen molar-refractivity contribution in [3.63, 3.8) is 0 Å². The molecular weight excluding hydrogens is 451 g/mol. The van der Waals surface area contributed by atoms with Crippen LogP contribution in [0.2, 0.25) is 0 Å². The van der Waals surface area contributed by atoms with Crippen LogP contribution in [0.5, 0.6) is 0 Å². The molecule has 0 radical (unpaired) electrons. The number of rotatable bonds is 6. The third-order valence-electron chi connectivity index (χ3n) is 9.59. The lowest BCUT2D eigenvalue weighted by Crippen LogP contribution is -2.56. The predicted octanol–water partition coefficient (Wildman–Crippen LogP) is 5.34. The number of carbonyl (C=O) groups is 3. The minimum Gasteiger partial charge on any atom is -0.348 e. The molecule has 4 rings (SSSR count). The third-order valence-corrected chi connectivity index (χ3v) is 11.0. The molecule has 8 heteroatoms.